The first-order chi connectivity index (χ1) is 12.1. The monoisotopic (exact) mass is 405 g/mol. The molecule has 0 aliphatic carbocycles. The fourth-order valence-electron chi connectivity index (χ4n) is 2.86. The lowest BCUT2D eigenvalue weighted by Crippen LogP contribution is -2.35. The number of nitrogens with zero attached hydrogens (tertiary/aromatic N) is 2. The molecular weight excluding hydrogens is 386 g/mol. The van der Waals surface area contributed by atoms with Crippen LogP contribution in [0.4, 0.5) is 11.4 Å². The highest BCUT2D eigenvalue weighted by Gasteiger charge is 2.14. The maximum Gasteiger partial charge on any atom is 0.293 e. The van der Waals surface area contributed by atoms with E-state index in [1.165, 1.54) is 11.6 Å². The summed E-state index contributed by atoms with van der Waals surface area (Å²) in [6, 6.07) is 13.3. The summed E-state index contributed by atoms with van der Waals surface area (Å²) in [7, 11) is 0. The molecule has 2 aromatic carbocycles. The van der Waals surface area contributed by atoms with Crippen molar-refractivity contribution in [2.75, 3.05) is 31.6 Å². The molecule has 1 heterocycles. The van der Waals surface area contributed by atoms with Crippen LogP contribution in [0.1, 0.15) is 11.1 Å². The van der Waals surface area contributed by atoms with E-state index in [0.29, 0.717) is 16.7 Å². The molecule has 2 aromatic rings. The minimum absolute atomic E-state index is 0.0684. The van der Waals surface area contributed by atoms with Gasteiger partial charge in [-0.2, -0.15) is 0 Å². The fourth-order valence-corrected chi connectivity index (χ4v) is 3.21. The largest absolute Gasteiger partial charge is 0.379 e. The van der Waals surface area contributed by atoms with Crippen molar-refractivity contribution in [1.29, 1.82) is 0 Å². The molecule has 25 heavy (non-hydrogen) atoms. The van der Waals surface area contributed by atoms with Crippen molar-refractivity contribution < 1.29 is 9.66 Å². The maximum atomic E-state index is 11.2. The van der Waals surface area contributed by atoms with Gasteiger partial charge < -0.3 is 10.1 Å². The van der Waals surface area contributed by atoms with Crippen molar-refractivity contribution in [1.82, 2.24) is 4.90 Å². The highest BCUT2D eigenvalue weighted by Crippen LogP contribution is 2.28. The van der Waals surface area contributed by atoms with Crippen molar-refractivity contribution in [3.8, 4) is 0 Å². The third-order valence-electron chi connectivity index (χ3n) is 4.14. The number of nitro groups is 1. The first-order valence-electron chi connectivity index (χ1n) is 8.17. The zero-order chi connectivity index (χ0) is 17.6. The molecule has 0 bridgehead atoms. The van der Waals surface area contributed by atoms with Crippen LogP contribution in [0, 0.1) is 10.1 Å². The van der Waals surface area contributed by atoms with Crippen molar-refractivity contribution in [2.24, 2.45) is 0 Å². The van der Waals surface area contributed by atoms with Gasteiger partial charge in [0.1, 0.15) is 5.69 Å². The Bertz CT molecular complexity index is 748. The van der Waals surface area contributed by atoms with Gasteiger partial charge in [0.05, 0.1) is 18.1 Å². The van der Waals surface area contributed by atoms with Crippen LogP contribution in [0.2, 0.25) is 0 Å². The van der Waals surface area contributed by atoms with E-state index in [9.17, 15) is 10.1 Å². The number of halogens is 1. The minimum Gasteiger partial charge on any atom is -0.379 e. The van der Waals surface area contributed by atoms with Gasteiger partial charge in [0.25, 0.3) is 5.69 Å². The molecular formula is C18H20BrN3O3. The number of anilines is 1. The second kappa shape index (κ2) is 8.42. The number of morpholine rings is 1. The molecule has 0 radical (unpaired) electrons. The van der Waals surface area contributed by atoms with Crippen LogP contribution in [0.5, 0.6) is 0 Å². The average molecular weight is 406 g/mol. The molecule has 6 nitrogen and oxygen atoms in total. The van der Waals surface area contributed by atoms with Gasteiger partial charge in [-0.1, -0.05) is 40.2 Å². The van der Waals surface area contributed by atoms with Crippen LogP contribution < -0.4 is 5.32 Å². The van der Waals surface area contributed by atoms with E-state index in [0.717, 1.165) is 38.4 Å². The van der Waals surface area contributed by atoms with Crippen LogP contribution in [-0.2, 0) is 17.8 Å². The Balaban J connectivity index is 1.65. The van der Waals surface area contributed by atoms with Crippen molar-refractivity contribution in [3.63, 3.8) is 0 Å². The summed E-state index contributed by atoms with van der Waals surface area (Å²) >= 11 is 3.27. The van der Waals surface area contributed by atoms with Gasteiger partial charge in [-0.3, -0.25) is 15.0 Å². The number of benzene rings is 2. The van der Waals surface area contributed by atoms with E-state index in [-0.39, 0.29) is 10.6 Å². The number of hydrogen-bond acceptors (Lipinski definition) is 5. The van der Waals surface area contributed by atoms with Gasteiger partial charge in [0.2, 0.25) is 0 Å². The zero-order valence-electron chi connectivity index (χ0n) is 13.8. The molecule has 1 saturated heterocycles. The van der Waals surface area contributed by atoms with Crippen LogP contribution in [-0.4, -0.2) is 36.1 Å². The smallest absolute Gasteiger partial charge is 0.293 e. The molecule has 1 N–H and O–H groups in total. The summed E-state index contributed by atoms with van der Waals surface area (Å²) in [5.41, 5.74) is 2.93. The molecule has 0 spiro atoms. The molecule has 7 heteroatoms. The Hall–Kier alpha value is -1.96. The Morgan fingerprint density at radius 2 is 1.92 bits per heavy atom. The summed E-state index contributed by atoms with van der Waals surface area (Å²) in [6.45, 7) is 4.92. The van der Waals surface area contributed by atoms with Gasteiger partial charge in [-0.05, 0) is 23.3 Å². The molecule has 132 valence electrons. The summed E-state index contributed by atoms with van der Waals surface area (Å²) < 4.78 is 6.07. The van der Waals surface area contributed by atoms with Gasteiger partial charge in [-0.25, -0.2) is 0 Å². The molecule has 0 aromatic heterocycles. The standard InChI is InChI=1S/C18H20BrN3O3/c19-16-4-5-17(18(11-16)22(23)24)20-12-14-2-1-3-15(10-14)13-21-6-8-25-9-7-21/h1-5,10-11,20H,6-9,12-13H2. The molecule has 0 atom stereocenters. The lowest BCUT2D eigenvalue weighted by molar-refractivity contribution is -0.384. The SMILES string of the molecule is O=[N+]([O-])c1cc(Br)ccc1NCc1cccc(CN2CCOCC2)c1. The van der Waals surface area contributed by atoms with Crippen molar-refractivity contribution in [3.05, 3.63) is 68.2 Å². The molecule has 3 rings (SSSR count). The second-order valence-corrected chi connectivity index (χ2v) is 6.90. The van der Waals surface area contributed by atoms with E-state index >= 15 is 0 Å². The Kier molecular flexibility index (Phi) is 6.01. The maximum absolute atomic E-state index is 11.2. The van der Waals surface area contributed by atoms with Crippen molar-refractivity contribution >= 4 is 27.3 Å². The first kappa shape index (κ1) is 17.8. The third kappa shape index (κ3) is 5.01. The predicted molar refractivity (Wildman–Crippen MR) is 101 cm³/mol. The summed E-state index contributed by atoms with van der Waals surface area (Å²) in [5.74, 6) is 0. The summed E-state index contributed by atoms with van der Waals surface area (Å²) in [5, 5.41) is 14.4. The van der Waals surface area contributed by atoms with E-state index in [4.69, 9.17) is 4.74 Å². The number of ether oxygens (including phenoxy) is 1. The fraction of sp³-hybridized carbons (Fsp3) is 0.333. The average Bonchev–Trinajstić information content (AvgIpc) is 2.62. The molecule has 0 unspecified atom stereocenters. The number of nitrogens with one attached hydrogen (secondary N) is 1. The topological polar surface area (TPSA) is 67.6 Å². The van der Waals surface area contributed by atoms with Crippen LogP contribution >= 0.6 is 15.9 Å². The Labute approximate surface area is 155 Å². The Morgan fingerprint density at radius 1 is 1.16 bits per heavy atom. The normalized spacial score (nSPS) is 15.1. The minimum atomic E-state index is -0.373. The number of hydrogen-bond donors (Lipinski definition) is 1. The van der Waals surface area contributed by atoms with Gasteiger partial charge in [0.15, 0.2) is 0 Å². The summed E-state index contributed by atoms with van der Waals surface area (Å²) in [4.78, 5) is 13.2. The highest BCUT2D eigenvalue weighted by molar-refractivity contribution is 9.10. The van der Waals surface area contributed by atoms with Crippen molar-refractivity contribution in [2.45, 2.75) is 13.1 Å². The van der Waals surface area contributed by atoms with E-state index < -0.39 is 0 Å². The second-order valence-electron chi connectivity index (χ2n) is 5.98. The molecule has 0 amide bonds. The molecule has 1 fully saturated rings. The van der Waals surface area contributed by atoms with Crippen LogP contribution in [0.25, 0.3) is 0 Å². The van der Waals surface area contributed by atoms with Crippen LogP contribution in [0.3, 0.4) is 0 Å². The summed E-state index contributed by atoms with van der Waals surface area (Å²) in [6.07, 6.45) is 0. The third-order valence-corrected chi connectivity index (χ3v) is 4.63. The number of rotatable bonds is 6. The van der Waals surface area contributed by atoms with Crippen LogP contribution in [0.15, 0.2) is 46.9 Å². The first-order valence-corrected chi connectivity index (χ1v) is 8.97. The lowest BCUT2D eigenvalue weighted by Gasteiger charge is -2.26. The number of nitro benzene ring substituents is 1. The highest BCUT2D eigenvalue weighted by atomic mass is 79.9. The van der Waals surface area contributed by atoms with E-state index in [2.05, 4.69) is 38.3 Å². The van der Waals surface area contributed by atoms with E-state index in [1.54, 1.807) is 12.1 Å². The predicted octanol–water partition coefficient (Wildman–Crippen LogP) is 3.80. The zero-order valence-corrected chi connectivity index (χ0v) is 15.4. The molecule has 0 saturated carbocycles. The van der Waals surface area contributed by atoms with Gasteiger partial charge >= 0.3 is 0 Å². The van der Waals surface area contributed by atoms with Gasteiger partial charge in [0, 0.05) is 36.7 Å². The molecule has 1 aliphatic rings. The quantitative estimate of drug-likeness (QED) is 0.584. The lowest BCUT2D eigenvalue weighted by atomic mass is 10.1. The van der Waals surface area contributed by atoms with Gasteiger partial charge in [-0.15, -0.1) is 0 Å². The molecule has 1 aliphatic heterocycles. The Morgan fingerprint density at radius 3 is 2.68 bits per heavy atom. The van der Waals surface area contributed by atoms with E-state index in [1.807, 2.05) is 12.1 Å².